The second kappa shape index (κ2) is 6.53. The molecule has 0 saturated heterocycles. The Hall–Kier alpha value is -0.870. The zero-order valence-electron chi connectivity index (χ0n) is 12.5. The van der Waals surface area contributed by atoms with Crippen LogP contribution in [0.4, 0.5) is 0 Å². The van der Waals surface area contributed by atoms with Crippen LogP contribution >= 0.6 is 0 Å². The predicted molar refractivity (Wildman–Crippen MR) is 79.0 cm³/mol. The number of hydrogen-bond donors (Lipinski definition) is 1. The highest BCUT2D eigenvalue weighted by molar-refractivity contribution is 5.12. The lowest BCUT2D eigenvalue weighted by Gasteiger charge is -2.34. The standard InChI is InChI=1S/C15H28N4/c1-4-18(14-7-5-6-8-14)15(9-16)13-10-17-19(11-13)12(2)3/h10-12,14-15H,4-9,16H2,1-3H3. The van der Waals surface area contributed by atoms with Gasteiger partial charge in [-0.15, -0.1) is 0 Å². The molecule has 4 heteroatoms. The Morgan fingerprint density at radius 1 is 1.42 bits per heavy atom. The van der Waals surface area contributed by atoms with E-state index in [9.17, 15) is 0 Å². The molecule has 1 unspecified atom stereocenters. The SMILES string of the molecule is CCN(C1CCCC1)C(CN)c1cnn(C(C)C)c1. The minimum absolute atomic E-state index is 0.320. The average Bonchev–Trinajstić information content (AvgIpc) is 3.06. The summed E-state index contributed by atoms with van der Waals surface area (Å²) in [6, 6.07) is 1.44. The molecule has 0 radical (unpaired) electrons. The van der Waals surface area contributed by atoms with Crippen molar-refractivity contribution in [2.24, 2.45) is 5.73 Å². The second-order valence-corrected chi connectivity index (χ2v) is 5.87. The van der Waals surface area contributed by atoms with Crippen LogP contribution in [0, 0.1) is 0 Å². The van der Waals surface area contributed by atoms with Crippen molar-refractivity contribution in [2.75, 3.05) is 13.1 Å². The number of nitrogens with two attached hydrogens (primary N) is 1. The van der Waals surface area contributed by atoms with Gasteiger partial charge in [0.05, 0.1) is 12.2 Å². The Labute approximate surface area is 117 Å². The number of likely N-dealkylation sites (N-methyl/N-ethyl adjacent to an activating group) is 1. The third-order valence-electron chi connectivity index (χ3n) is 4.32. The van der Waals surface area contributed by atoms with E-state index in [0.717, 1.165) is 6.54 Å². The van der Waals surface area contributed by atoms with Gasteiger partial charge in [-0.25, -0.2) is 0 Å². The highest BCUT2D eigenvalue weighted by atomic mass is 15.3. The molecule has 1 aliphatic rings. The molecule has 1 saturated carbocycles. The fourth-order valence-electron chi connectivity index (χ4n) is 3.24. The van der Waals surface area contributed by atoms with Crippen LogP contribution < -0.4 is 5.73 Å². The zero-order chi connectivity index (χ0) is 13.8. The molecule has 4 nitrogen and oxygen atoms in total. The monoisotopic (exact) mass is 264 g/mol. The van der Waals surface area contributed by atoms with Crippen LogP contribution in [0.1, 0.15) is 64.1 Å². The van der Waals surface area contributed by atoms with Crippen molar-refractivity contribution in [3.05, 3.63) is 18.0 Å². The largest absolute Gasteiger partial charge is 0.329 e. The first-order valence-corrected chi connectivity index (χ1v) is 7.67. The molecular weight excluding hydrogens is 236 g/mol. The van der Waals surface area contributed by atoms with Crippen LogP contribution in [0.3, 0.4) is 0 Å². The van der Waals surface area contributed by atoms with Crippen LogP contribution in [0.25, 0.3) is 0 Å². The molecule has 0 bridgehead atoms. The van der Waals surface area contributed by atoms with E-state index < -0.39 is 0 Å². The van der Waals surface area contributed by atoms with Crippen molar-refractivity contribution >= 4 is 0 Å². The summed E-state index contributed by atoms with van der Waals surface area (Å²) in [5.41, 5.74) is 7.32. The maximum Gasteiger partial charge on any atom is 0.0538 e. The van der Waals surface area contributed by atoms with Crippen molar-refractivity contribution in [2.45, 2.75) is 64.6 Å². The van der Waals surface area contributed by atoms with Crippen molar-refractivity contribution in [3.8, 4) is 0 Å². The van der Waals surface area contributed by atoms with Crippen LogP contribution in [0.15, 0.2) is 12.4 Å². The fraction of sp³-hybridized carbons (Fsp3) is 0.800. The molecule has 0 aliphatic heterocycles. The highest BCUT2D eigenvalue weighted by Crippen LogP contribution is 2.30. The van der Waals surface area contributed by atoms with Crippen LogP contribution in [0.2, 0.25) is 0 Å². The average molecular weight is 264 g/mol. The molecule has 0 aromatic carbocycles. The Morgan fingerprint density at radius 2 is 2.11 bits per heavy atom. The maximum atomic E-state index is 6.06. The first-order valence-electron chi connectivity index (χ1n) is 7.67. The van der Waals surface area contributed by atoms with E-state index in [1.165, 1.54) is 31.2 Å². The molecule has 1 atom stereocenters. The van der Waals surface area contributed by atoms with E-state index in [1.54, 1.807) is 0 Å². The normalized spacial score (nSPS) is 18.6. The Kier molecular flexibility index (Phi) is 4.99. The first kappa shape index (κ1) is 14.5. The molecule has 108 valence electrons. The van der Waals surface area contributed by atoms with Gasteiger partial charge in [0.15, 0.2) is 0 Å². The molecule has 1 aromatic heterocycles. The maximum absolute atomic E-state index is 6.06. The van der Waals surface area contributed by atoms with Gasteiger partial charge in [0.25, 0.3) is 0 Å². The van der Waals surface area contributed by atoms with Gasteiger partial charge in [-0.2, -0.15) is 5.10 Å². The third-order valence-corrected chi connectivity index (χ3v) is 4.32. The van der Waals surface area contributed by atoms with Gasteiger partial charge in [0.2, 0.25) is 0 Å². The molecule has 0 spiro atoms. The van der Waals surface area contributed by atoms with Gasteiger partial charge >= 0.3 is 0 Å². The number of aromatic nitrogens is 2. The molecule has 1 aliphatic carbocycles. The molecule has 1 heterocycles. The molecule has 1 fully saturated rings. The molecule has 19 heavy (non-hydrogen) atoms. The van der Waals surface area contributed by atoms with E-state index >= 15 is 0 Å². The van der Waals surface area contributed by atoms with Crippen molar-refractivity contribution in [1.29, 1.82) is 0 Å². The van der Waals surface area contributed by atoms with Gasteiger partial charge in [0, 0.05) is 30.4 Å². The van der Waals surface area contributed by atoms with E-state index in [2.05, 4.69) is 37.0 Å². The number of nitrogens with zero attached hydrogens (tertiary/aromatic N) is 3. The lowest BCUT2D eigenvalue weighted by Crippen LogP contribution is -2.40. The van der Waals surface area contributed by atoms with Crippen molar-refractivity contribution in [3.63, 3.8) is 0 Å². The summed E-state index contributed by atoms with van der Waals surface area (Å²) >= 11 is 0. The van der Waals surface area contributed by atoms with E-state index in [1.807, 2.05) is 10.9 Å². The van der Waals surface area contributed by atoms with E-state index in [4.69, 9.17) is 5.73 Å². The molecular formula is C15H28N4. The summed E-state index contributed by atoms with van der Waals surface area (Å²) in [5, 5.41) is 4.46. The molecule has 1 aromatic rings. The number of rotatable bonds is 6. The van der Waals surface area contributed by atoms with Gasteiger partial charge in [-0.3, -0.25) is 9.58 Å². The van der Waals surface area contributed by atoms with E-state index in [-0.39, 0.29) is 0 Å². The summed E-state index contributed by atoms with van der Waals surface area (Å²) < 4.78 is 2.03. The highest BCUT2D eigenvalue weighted by Gasteiger charge is 2.28. The first-order chi connectivity index (χ1) is 9.17. The molecule has 2 N–H and O–H groups in total. The second-order valence-electron chi connectivity index (χ2n) is 5.87. The Bertz CT molecular complexity index is 379. The Balaban J connectivity index is 2.16. The number of hydrogen-bond acceptors (Lipinski definition) is 3. The van der Waals surface area contributed by atoms with Gasteiger partial charge in [-0.1, -0.05) is 19.8 Å². The Morgan fingerprint density at radius 3 is 2.58 bits per heavy atom. The van der Waals surface area contributed by atoms with Gasteiger partial charge < -0.3 is 5.73 Å². The zero-order valence-corrected chi connectivity index (χ0v) is 12.5. The molecule has 0 amide bonds. The van der Waals surface area contributed by atoms with Crippen LogP contribution in [0.5, 0.6) is 0 Å². The fourth-order valence-corrected chi connectivity index (χ4v) is 3.24. The van der Waals surface area contributed by atoms with Gasteiger partial charge in [-0.05, 0) is 33.2 Å². The predicted octanol–water partition coefficient (Wildman–Crippen LogP) is 2.73. The summed E-state index contributed by atoms with van der Waals surface area (Å²) in [7, 11) is 0. The molecule has 2 rings (SSSR count). The quantitative estimate of drug-likeness (QED) is 0.859. The third kappa shape index (κ3) is 3.18. The lowest BCUT2D eigenvalue weighted by atomic mass is 10.1. The van der Waals surface area contributed by atoms with Crippen molar-refractivity contribution in [1.82, 2.24) is 14.7 Å². The smallest absolute Gasteiger partial charge is 0.0538 e. The summed E-state index contributed by atoms with van der Waals surface area (Å²) in [6.07, 6.45) is 9.54. The van der Waals surface area contributed by atoms with Crippen LogP contribution in [-0.2, 0) is 0 Å². The lowest BCUT2D eigenvalue weighted by molar-refractivity contribution is 0.147. The summed E-state index contributed by atoms with van der Waals surface area (Å²) in [6.45, 7) is 8.30. The summed E-state index contributed by atoms with van der Waals surface area (Å²) in [4.78, 5) is 2.58. The van der Waals surface area contributed by atoms with Crippen molar-refractivity contribution < 1.29 is 0 Å². The minimum Gasteiger partial charge on any atom is -0.329 e. The van der Waals surface area contributed by atoms with E-state index in [0.29, 0.717) is 24.7 Å². The van der Waals surface area contributed by atoms with Crippen LogP contribution in [-0.4, -0.2) is 33.8 Å². The topological polar surface area (TPSA) is 47.1 Å². The summed E-state index contributed by atoms with van der Waals surface area (Å²) in [5.74, 6) is 0. The minimum atomic E-state index is 0.320. The van der Waals surface area contributed by atoms with Gasteiger partial charge in [0.1, 0.15) is 0 Å².